The van der Waals surface area contributed by atoms with Gasteiger partial charge in [-0.05, 0) is 0 Å². The van der Waals surface area contributed by atoms with Crippen LogP contribution in [-0.4, -0.2) is 32.6 Å². The maximum atomic E-state index is 9.61. The third-order valence-corrected chi connectivity index (χ3v) is 1.81. The number of aromatic hydroxyl groups is 1. The summed E-state index contributed by atoms with van der Waals surface area (Å²) in [6.07, 6.45) is 1.54. The van der Waals surface area contributed by atoms with Crippen LogP contribution >= 0.6 is 0 Å². The Morgan fingerprint density at radius 1 is 1.29 bits per heavy atom. The van der Waals surface area contributed by atoms with Gasteiger partial charge in [0.2, 0.25) is 0 Å². The number of aliphatic imine (C=N–C) groups is 1. The van der Waals surface area contributed by atoms with Crippen molar-refractivity contribution in [3.05, 3.63) is 17.7 Å². The van der Waals surface area contributed by atoms with Crippen LogP contribution in [0, 0.1) is 0 Å². The molecule has 0 aliphatic carbocycles. The van der Waals surface area contributed by atoms with E-state index < -0.39 is 0 Å². The van der Waals surface area contributed by atoms with Crippen molar-refractivity contribution < 1.29 is 14.6 Å². The molecule has 0 radical (unpaired) electrons. The SMILES string of the molecule is CN=Cc1c(O)cc(OC)cc1OC. The van der Waals surface area contributed by atoms with Crippen molar-refractivity contribution in [3.8, 4) is 17.2 Å². The lowest BCUT2D eigenvalue weighted by Gasteiger charge is -2.08. The smallest absolute Gasteiger partial charge is 0.135 e. The minimum Gasteiger partial charge on any atom is -0.507 e. The van der Waals surface area contributed by atoms with Crippen molar-refractivity contribution in [2.45, 2.75) is 0 Å². The van der Waals surface area contributed by atoms with Gasteiger partial charge < -0.3 is 14.6 Å². The van der Waals surface area contributed by atoms with Gasteiger partial charge in [-0.25, -0.2) is 0 Å². The predicted molar refractivity (Wildman–Crippen MR) is 54.7 cm³/mol. The Balaban J connectivity index is 3.27. The first kappa shape index (κ1) is 10.4. The predicted octanol–water partition coefficient (Wildman–Crippen LogP) is 1.46. The summed E-state index contributed by atoms with van der Waals surface area (Å²) >= 11 is 0. The molecule has 0 bridgehead atoms. The van der Waals surface area contributed by atoms with Crippen molar-refractivity contribution in [2.75, 3.05) is 21.3 Å². The molecule has 0 fully saturated rings. The molecule has 0 amide bonds. The fourth-order valence-corrected chi connectivity index (χ4v) is 1.13. The molecule has 14 heavy (non-hydrogen) atoms. The van der Waals surface area contributed by atoms with Crippen LogP contribution in [0.25, 0.3) is 0 Å². The Kier molecular flexibility index (Phi) is 3.34. The molecule has 4 nitrogen and oxygen atoms in total. The normalized spacial score (nSPS) is 10.5. The van der Waals surface area contributed by atoms with Crippen molar-refractivity contribution in [2.24, 2.45) is 4.99 Å². The molecule has 1 rings (SSSR count). The van der Waals surface area contributed by atoms with E-state index in [1.54, 1.807) is 13.1 Å². The Labute approximate surface area is 82.8 Å². The second-order valence-electron chi connectivity index (χ2n) is 2.65. The monoisotopic (exact) mass is 195 g/mol. The number of phenols is 1. The molecule has 1 N–H and O–H groups in total. The highest BCUT2D eigenvalue weighted by atomic mass is 16.5. The van der Waals surface area contributed by atoms with Crippen molar-refractivity contribution >= 4 is 6.21 Å². The third-order valence-electron chi connectivity index (χ3n) is 1.81. The zero-order valence-electron chi connectivity index (χ0n) is 8.44. The van der Waals surface area contributed by atoms with Crippen LogP contribution < -0.4 is 9.47 Å². The zero-order chi connectivity index (χ0) is 10.6. The summed E-state index contributed by atoms with van der Waals surface area (Å²) in [6.45, 7) is 0. The lowest BCUT2D eigenvalue weighted by atomic mass is 10.2. The molecule has 0 spiro atoms. The van der Waals surface area contributed by atoms with Crippen LogP contribution in [0.5, 0.6) is 17.2 Å². The Hall–Kier alpha value is -1.71. The number of phenolic OH excluding ortho intramolecular Hbond substituents is 1. The van der Waals surface area contributed by atoms with Gasteiger partial charge in [0.25, 0.3) is 0 Å². The van der Waals surface area contributed by atoms with Crippen molar-refractivity contribution in [3.63, 3.8) is 0 Å². The lowest BCUT2D eigenvalue weighted by molar-refractivity contribution is 0.384. The Morgan fingerprint density at radius 2 is 2.00 bits per heavy atom. The highest BCUT2D eigenvalue weighted by Crippen LogP contribution is 2.31. The lowest BCUT2D eigenvalue weighted by Crippen LogP contribution is -1.93. The van der Waals surface area contributed by atoms with Gasteiger partial charge in [-0.1, -0.05) is 0 Å². The quantitative estimate of drug-likeness (QED) is 0.743. The third kappa shape index (κ3) is 1.96. The largest absolute Gasteiger partial charge is 0.507 e. The second-order valence-corrected chi connectivity index (χ2v) is 2.65. The maximum Gasteiger partial charge on any atom is 0.135 e. The molecular weight excluding hydrogens is 182 g/mol. The first-order chi connectivity index (χ1) is 6.72. The van der Waals surface area contributed by atoms with E-state index in [0.717, 1.165) is 0 Å². The highest BCUT2D eigenvalue weighted by Gasteiger charge is 2.08. The summed E-state index contributed by atoms with van der Waals surface area (Å²) in [5.74, 6) is 1.17. The first-order valence-electron chi connectivity index (χ1n) is 4.10. The van der Waals surface area contributed by atoms with Crippen LogP contribution in [0.15, 0.2) is 17.1 Å². The summed E-state index contributed by atoms with van der Waals surface area (Å²) in [5.41, 5.74) is 0.552. The number of nitrogens with zero attached hydrogens (tertiary/aromatic N) is 1. The van der Waals surface area contributed by atoms with Crippen molar-refractivity contribution in [1.82, 2.24) is 0 Å². The maximum absolute atomic E-state index is 9.61. The van der Waals surface area contributed by atoms with Crippen LogP contribution in [0.3, 0.4) is 0 Å². The van der Waals surface area contributed by atoms with Gasteiger partial charge in [-0.15, -0.1) is 0 Å². The summed E-state index contributed by atoms with van der Waals surface area (Å²) in [6, 6.07) is 3.20. The van der Waals surface area contributed by atoms with Crippen LogP contribution in [0.4, 0.5) is 0 Å². The van der Waals surface area contributed by atoms with Gasteiger partial charge in [0, 0.05) is 25.4 Å². The standard InChI is InChI=1S/C10H13NO3/c1-11-6-8-9(12)4-7(13-2)5-10(8)14-3/h4-6,12H,1-3H3. The summed E-state index contributed by atoms with van der Waals surface area (Å²) < 4.78 is 10.1. The number of methoxy groups -OCH3 is 2. The van der Waals surface area contributed by atoms with Gasteiger partial charge in [0.05, 0.1) is 19.8 Å². The number of hydrogen-bond donors (Lipinski definition) is 1. The summed E-state index contributed by atoms with van der Waals surface area (Å²) in [5, 5.41) is 9.61. The second kappa shape index (κ2) is 4.50. The molecular formula is C10H13NO3. The fourth-order valence-electron chi connectivity index (χ4n) is 1.13. The van der Waals surface area contributed by atoms with Gasteiger partial charge in [-0.2, -0.15) is 0 Å². The number of ether oxygens (including phenoxy) is 2. The molecule has 1 aromatic rings. The van der Waals surface area contributed by atoms with Gasteiger partial charge in [0.1, 0.15) is 17.2 Å². The molecule has 0 unspecified atom stereocenters. The highest BCUT2D eigenvalue weighted by molar-refractivity contribution is 5.87. The van der Waals surface area contributed by atoms with Gasteiger partial charge >= 0.3 is 0 Å². The number of rotatable bonds is 3. The van der Waals surface area contributed by atoms with E-state index in [1.165, 1.54) is 26.5 Å². The molecule has 0 saturated carbocycles. The Morgan fingerprint density at radius 3 is 2.50 bits per heavy atom. The van der Waals surface area contributed by atoms with E-state index in [0.29, 0.717) is 17.1 Å². The molecule has 1 aromatic carbocycles. The molecule has 4 heteroatoms. The summed E-state index contributed by atoms with van der Waals surface area (Å²) in [4.78, 5) is 3.83. The van der Waals surface area contributed by atoms with Gasteiger partial charge in [0.15, 0.2) is 0 Å². The van der Waals surface area contributed by atoms with E-state index in [1.807, 2.05) is 0 Å². The van der Waals surface area contributed by atoms with E-state index in [-0.39, 0.29) is 5.75 Å². The Bertz CT molecular complexity index is 347. The minimum atomic E-state index is 0.0896. The average Bonchev–Trinajstić information content (AvgIpc) is 2.20. The molecule has 76 valence electrons. The molecule has 0 atom stereocenters. The van der Waals surface area contributed by atoms with Crippen LogP contribution in [-0.2, 0) is 0 Å². The van der Waals surface area contributed by atoms with Crippen LogP contribution in [0.2, 0.25) is 0 Å². The zero-order valence-corrected chi connectivity index (χ0v) is 8.44. The van der Waals surface area contributed by atoms with E-state index >= 15 is 0 Å². The molecule has 0 aliphatic rings. The molecule has 0 aliphatic heterocycles. The summed E-state index contributed by atoms with van der Waals surface area (Å²) in [7, 11) is 4.69. The number of hydrogen-bond acceptors (Lipinski definition) is 4. The topological polar surface area (TPSA) is 51.1 Å². The number of benzene rings is 1. The van der Waals surface area contributed by atoms with Crippen molar-refractivity contribution in [1.29, 1.82) is 0 Å². The average molecular weight is 195 g/mol. The van der Waals surface area contributed by atoms with E-state index in [2.05, 4.69) is 4.99 Å². The van der Waals surface area contributed by atoms with Gasteiger partial charge in [-0.3, -0.25) is 4.99 Å². The molecule has 0 heterocycles. The van der Waals surface area contributed by atoms with E-state index in [9.17, 15) is 5.11 Å². The molecule has 0 aromatic heterocycles. The molecule has 0 saturated heterocycles. The van der Waals surface area contributed by atoms with Crippen LogP contribution in [0.1, 0.15) is 5.56 Å². The minimum absolute atomic E-state index is 0.0896. The first-order valence-corrected chi connectivity index (χ1v) is 4.10. The van der Waals surface area contributed by atoms with E-state index in [4.69, 9.17) is 9.47 Å². The fraction of sp³-hybridized carbons (Fsp3) is 0.300.